The van der Waals surface area contributed by atoms with Crippen LogP contribution in [0.25, 0.3) is 5.57 Å². The molecular weight excluding hydrogens is 348 g/mol. The second-order valence-corrected chi connectivity index (χ2v) is 6.52. The summed E-state index contributed by atoms with van der Waals surface area (Å²) in [6.45, 7) is 0. The van der Waals surface area contributed by atoms with Gasteiger partial charge in [-0.3, -0.25) is 0 Å². The van der Waals surface area contributed by atoms with Crippen LogP contribution in [0.15, 0.2) is 91.2 Å². The molecule has 1 aliphatic rings. The minimum atomic E-state index is -1.03. The van der Waals surface area contributed by atoms with Crippen molar-refractivity contribution >= 4 is 22.9 Å². The first-order chi connectivity index (χ1) is 13.7. The van der Waals surface area contributed by atoms with Crippen LogP contribution in [0.4, 0.5) is 11.6 Å². The third-order valence-electron chi connectivity index (χ3n) is 4.60. The molecule has 1 unspecified atom stereocenters. The second-order valence-electron chi connectivity index (χ2n) is 6.52. The van der Waals surface area contributed by atoms with Gasteiger partial charge in [-0.05, 0) is 29.8 Å². The summed E-state index contributed by atoms with van der Waals surface area (Å²) < 4.78 is 0. The number of allylic oxidation sites excluding steroid dienone is 3. The van der Waals surface area contributed by atoms with Gasteiger partial charge in [0.15, 0.2) is 0 Å². The lowest BCUT2D eigenvalue weighted by molar-refractivity contribution is -0.431. The summed E-state index contributed by atoms with van der Waals surface area (Å²) in [5.41, 5.74) is 3.41. The molecule has 1 heterocycles. The quantitative estimate of drug-likeness (QED) is 0.716. The van der Waals surface area contributed by atoms with Crippen molar-refractivity contribution in [2.45, 2.75) is 6.10 Å². The van der Waals surface area contributed by atoms with Gasteiger partial charge in [0.2, 0.25) is 5.95 Å². The predicted molar refractivity (Wildman–Crippen MR) is 109 cm³/mol. The van der Waals surface area contributed by atoms with Crippen LogP contribution in [0, 0.1) is 11.3 Å². The monoisotopic (exact) mass is 367 g/mol. The molecule has 138 valence electrons. The second kappa shape index (κ2) is 7.98. The highest BCUT2D eigenvalue weighted by Gasteiger charge is 2.20. The topological polar surface area (TPSA) is 84.7 Å². The van der Waals surface area contributed by atoms with Crippen molar-refractivity contribution < 1.29 is 5.11 Å². The molecule has 2 N–H and O–H groups in total. The van der Waals surface area contributed by atoms with Crippen LogP contribution >= 0.6 is 0 Å². The van der Waals surface area contributed by atoms with E-state index in [2.05, 4.69) is 15.3 Å². The number of aromatic nitrogens is 2. The van der Waals surface area contributed by atoms with Crippen molar-refractivity contribution in [3.05, 3.63) is 102 Å². The standard InChI is InChI=1S/C23H19N4O/c24-20-12-11-17(15-19(20)22(28)16-7-3-1-4-8-16)21-13-14-25-23(27-21)26-18-9-5-2-6-10-18/h1-15,19,22,24H,(H,25,26,27)/q-1/t19?,22-/m0/s1. The van der Waals surface area contributed by atoms with E-state index in [1.165, 1.54) is 0 Å². The first-order valence-electron chi connectivity index (χ1n) is 9.05. The first kappa shape index (κ1) is 17.8. The van der Waals surface area contributed by atoms with E-state index in [1.54, 1.807) is 18.3 Å². The molecule has 0 radical (unpaired) electrons. The van der Waals surface area contributed by atoms with Crippen LogP contribution in [0.3, 0.4) is 0 Å². The normalized spacial score (nSPS) is 17.1. The maximum atomic E-state index is 12.9. The summed E-state index contributed by atoms with van der Waals surface area (Å²) >= 11 is 0. The highest BCUT2D eigenvalue weighted by Crippen LogP contribution is 2.29. The van der Waals surface area contributed by atoms with Gasteiger partial charge in [-0.25, -0.2) is 9.97 Å². The third kappa shape index (κ3) is 3.89. The van der Waals surface area contributed by atoms with Crippen molar-refractivity contribution in [1.82, 2.24) is 9.97 Å². The molecule has 0 saturated heterocycles. The molecule has 0 aliphatic heterocycles. The molecule has 2 atom stereocenters. The van der Waals surface area contributed by atoms with Crippen LogP contribution in [-0.4, -0.2) is 15.7 Å². The molecule has 5 nitrogen and oxygen atoms in total. The molecule has 1 aromatic heterocycles. The fraction of sp³-hybridized carbons (Fsp3) is 0.0870. The zero-order chi connectivity index (χ0) is 19.3. The van der Waals surface area contributed by atoms with Crippen molar-refractivity contribution in [2.75, 3.05) is 5.32 Å². The number of hydrogen-bond donors (Lipinski definition) is 2. The van der Waals surface area contributed by atoms with Crippen molar-refractivity contribution in [3.8, 4) is 0 Å². The van der Waals surface area contributed by atoms with Crippen LogP contribution in [0.1, 0.15) is 17.4 Å². The number of benzene rings is 2. The molecule has 4 rings (SSSR count). The van der Waals surface area contributed by atoms with E-state index in [9.17, 15) is 5.11 Å². The van der Waals surface area contributed by atoms with Gasteiger partial charge in [-0.15, -0.1) is 0 Å². The number of nitrogens with zero attached hydrogens (tertiary/aromatic N) is 2. The van der Waals surface area contributed by atoms with E-state index >= 15 is 0 Å². The summed E-state index contributed by atoms with van der Waals surface area (Å²) in [6.07, 6.45) is 5.99. The van der Waals surface area contributed by atoms with Gasteiger partial charge in [0.25, 0.3) is 0 Å². The Morgan fingerprint density at radius 3 is 2.39 bits per heavy atom. The maximum Gasteiger partial charge on any atom is 0.227 e. The maximum absolute atomic E-state index is 12.9. The summed E-state index contributed by atoms with van der Waals surface area (Å²) in [4.78, 5) is 8.84. The molecule has 0 spiro atoms. The Labute approximate surface area is 163 Å². The van der Waals surface area contributed by atoms with Crippen LogP contribution in [0.2, 0.25) is 0 Å². The van der Waals surface area contributed by atoms with Gasteiger partial charge in [0.1, 0.15) is 0 Å². The molecule has 0 saturated carbocycles. The van der Waals surface area contributed by atoms with E-state index in [-0.39, 0.29) is 0 Å². The molecule has 28 heavy (non-hydrogen) atoms. The van der Waals surface area contributed by atoms with Gasteiger partial charge in [0.05, 0.1) is 5.69 Å². The average Bonchev–Trinajstić information content (AvgIpc) is 2.75. The zero-order valence-corrected chi connectivity index (χ0v) is 15.1. The lowest BCUT2D eigenvalue weighted by Crippen LogP contribution is -2.30. The highest BCUT2D eigenvalue weighted by atomic mass is 16.3. The summed E-state index contributed by atoms with van der Waals surface area (Å²) in [5.74, 6) is -0.0557. The van der Waals surface area contributed by atoms with Crippen LogP contribution in [0.5, 0.6) is 0 Å². The van der Waals surface area contributed by atoms with E-state index in [0.29, 0.717) is 22.9 Å². The minimum Gasteiger partial charge on any atom is -0.848 e. The highest BCUT2D eigenvalue weighted by molar-refractivity contribution is 6.01. The molecule has 1 aliphatic carbocycles. The van der Waals surface area contributed by atoms with Crippen molar-refractivity contribution in [3.63, 3.8) is 0 Å². The Balaban J connectivity index is 1.60. The predicted octanol–water partition coefficient (Wildman–Crippen LogP) is 3.91. The van der Waals surface area contributed by atoms with E-state index in [4.69, 9.17) is 5.41 Å². The Hall–Kier alpha value is -3.57. The van der Waals surface area contributed by atoms with Crippen molar-refractivity contribution in [1.29, 1.82) is 5.41 Å². The Kier molecular flexibility index (Phi) is 5.08. The van der Waals surface area contributed by atoms with Crippen LogP contribution in [-0.2, 0) is 0 Å². The lowest BCUT2D eigenvalue weighted by atomic mass is 9.85. The van der Waals surface area contributed by atoms with Gasteiger partial charge < -0.3 is 15.8 Å². The molecule has 3 aromatic rings. The lowest BCUT2D eigenvalue weighted by Gasteiger charge is -2.32. The molecule has 5 heteroatoms. The molecule has 0 bridgehead atoms. The molecule has 2 aromatic carbocycles. The van der Waals surface area contributed by atoms with E-state index in [0.717, 1.165) is 11.3 Å². The van der Waals surface area contributed by atoms with Gasteiger partial charge in [0, 0.05) is 23.5 Å². The van der Waals surface area contributed by atoms with E-state index < -0.39 is 12.0 Å². The van der Waals surface area contributed by atoms with Crippen molar-refractivity contribution in [2.24, 2.45) is 5.92 Å². The summed E-state index contributed by atoms with van der Waals surface area (Å²) in [5, 5.41) is 24.3. The third-order valence-corrected chi connectivity index (χ3v) is 4.60. The zero-order valence-electron chi connectivity index (χ0n) is 15.1. The SMILES string of the molecule is N=C1C=CC(c2ccnc(Nc3ccccc3)n2)=CC1[C@@H]([O-])c1ccccc1. The summed E-state index contributed by atoms with van der Waals surface area (Å²) in [7, 11) is 0. The fourth-order valence-corrected chi connectivity index (χ4v) is 3.13. The average molecular weight is 367 g/mol. The molecular formula is C23H19N4O-. The Bertz CT molecular complexity index is 1030. The Morgan fingerprint density at radius 1 is 0.929 bits per heavy atom. The summed E-state index contributed by atoms with van der Waals surface area (Å²) in [6, 6.07) is 20.7. The van der Waals surface area contributed by atoms with Gasteiger partial charge in [-0.1, -0.05) is 72.4 Å². The van der Waals surface area contributed by atoms with E-state index in [1.807, 2.05) is 72.8 Å². The first-order valence-corrected chi connectivity index (χ1v) is 9.05. The smallest absolute Gasteiger partial charge is 0.227 e. The Morgan fingerprint density at radius 2 is 1.64 bits per heavy atom. The molecule has 0 fully saturated rings. The molecule has 0 amide bonds. The number of anilines is 2. The fourth-order valence-electron chi connectivity index (χ4n) is 3.13. The number of hydrogen-bond acceptors (Lipinski definition) is 5. The number of nitrogens with one attached hydrogen (secondary N) is 2. The van der Waals surface area contributed by atoms with Gasteiger partial charge >= 0.3 is 0 Å². The number of rotatable bonds is 5. The largest absolute Gasteiger partial charge is 0.848 e. The number of para-hydroxylation sites is 1. The minimum absolute atomic E-state index is 0.310. The van der Waals surface area contributed by atoms with Gasteiger partial charge in [-0.2, -0.15) is 0 Å². The van der Waals surface area contributed by atoms with Crippen LogP contribution < -0.4 is 10.4 Å².